The Hall–Kier alpha value is -0.710. The molecule has 1 fully saturated rings. The lowest BCUT2D eigenvalue weighted by molar-refractivity contribution is -0.168. The molecule has 1 rings (SSSR count). The van der Waals surface area contributed by atoms with Gasteiger partial charge in [0.05, 0.1) is 13.5 Å². The number of esters is 1. The molecule has 13 heavy (non-hydrogen) atoms. The first-order chi connectivity index (χ1) is 6.06. The highest BCUT2D eigenvalue weighted by Gasteiger charge is 2.43. The van der Waals surface area contributed by atoms with Crippen molar-refractivity contribution in [3.05, 3.63) is 0 Å². The lowest BCUT2D eigenvalue weighted by Gasteiger charge is -2.30. The highest BCUT2D eigenvalue weighted by Crippen LogP contribution is 2.33. The number of alkyl halides is 2. The zero-order valence-electron chi connectivity index (χ0n) is 7.39. The van der Waals surface area contributed by atoms with Gasteiger partial charge in [0.1, 0.15) is 6.61 Å². The van der Waals surface area contributed by atoms with Crippen LogP contribution in [0.2, 0.25) is 0 Å². The van der Waals surface area contributed by atoms with Crippen LogP contribution in [0.15, 0.2) is 0 Å². The molecule has 1 aliphatic rings. The van der Waals surface area contributed by atoms with Crippen LogP contribution in [0.25, 0.3) is 0 Å². The molecule has 0 bridgehead atoms. The monoisotopic (exact) mass is 194 g/mol. The van der Waals surface area contributed by atoms with Gasteiger partial charge in [-0.3, -0.25) is 4.79 Å². The molecule has 0 N–H and O–H groups in total. The summed E-state index contributed by atoms with van der Waals surface area (Å²) in [5.41, 5.74) is 0. The number of halogens is 2. The number of carbonyl (C=O) groups is 1. The lowest BCUT2D eigenvalue weighted by Crippen LogP contribution is -2.40. The molecule has 0 aromatic rings. The average molecular weight is 194 g/mol. The van der Waals surface area contributed by atoms with Crippen LogP contribution in [-0.2, 0) is 14.3 Å². The number of hydrogen-bond acceptors (Lipinski definition) is 3. The van der Waals surface area contributed by atoms with Crippen molar-refractivity contribution in [2.75, 3.05) is 20.3 Å². The van der Waals surface area contributed by atoms with Crippen molar-refractivity contribution in [3.8, 4) is 0 Å². The first-order valence-corrected chi connectivity index (χ1v) is 4.08. The van der Waals surface area contributed by atoms with Crippen molar-refractivity contribution < 1.29 is 23.0 Å². The molecule has 0 amide bonds. The normalized spacial score (nSPS) is 26.8. The Labute approximate surface area is 75.0 Å². The van der Waals surface area contributed by atoms with Crippen LogP contribution in [0.4, 0.5) is 8.78 Å². The fraction of sp³-hybridized carbons (Fsp3) is 0.875. The summed E-state index contributed by atoms with van der Waals surface area (Å²) in [6.45, 7) is -0.300. The van der Waals surface area contributed by atoms with Crippen molar-refractivity contribution in [2.45, 2.75) is 18.8 Å². The number of rotatable bonds is 2. The summed E-state index contributed by atoms with van der Waals surface area (Å²) in [7, 11) is 1.19. The maximum Gasteiger partial charge on any atom is 0.306 e. The molecule has 0 aromatic carbocycles. The summed E-state index contributed by atoms with van der Waals surface area (Å²) < 4.78 is 35.0. The van der Waals surface area contributed by atoms with E-state index >= 15 is 0 Å². The van der Waals surface area contributed by atoms with Gasteiger partial charge in [-0.05, 0) is 6.42 Å². The minimum absolute atomic E-state index is 0.210. The van der Waals surface area contributed by atoms with Gasteiger partial charge in [0.25, 0.3) is 5.92 Å². The van der Waals surface area contributed by atoms with Gasteiger partial charge in [0.2, 0.25) is 0 Å². The third kappa shape index (κ3) is 2.62. The number of methoxy groups -OCH3 is 1. The Bertz CT molecular complexity index is 194. The zero-order valence-corrected chi connectivity index (χ0v) is 7.39. The minimum Gasteiger partial charge on any atom is -0.469 e. The van der Waals surface area contributed by atoms with Crippen LogP contribution >= 0.6 is 0 Å². The third-order valence-corrected chi connectivity index (χ3v) is 2.14. The van der Waals surface area contributed by atoms with E-state index in [0.717, 1.165) is 0 Å². The van der Waals surface area contributed by atoms with Crippen molar-refractivity contribution in [3.63, 3.8) is 0 Å². The molecule has 1 heterocycles. The summed E-state index contributed by atoms with van der Waals surface area (Å²) in [5, 5.41) is 0. The van der Waals surface area contributed by atoms with Crippen molar-refractivity contribution >= 4 is 5.97 Å². The van der Waals surface area contributed by atoms with E-state index in [9.17, 15) is 13.6 Å². The Morgan fingerprint density at radius 2 is 2.38 bits per heavy atom. The Morgan fingerprint density at radius 3 is 2.92 bits per heavy atom. The van der Waals surface area contributed by atoms with E-state index in [4.69, 9.17) is 0 Å². The highest BCUT2D eigenvalue weighted by atomic mass is 19.3. The Balaban J connectivity index is 2.51. The molecule has 1 aliphatic heterocycles. The van der Waals surface area contributed by atoms with Crippen molar-refractivity contribution in [1.82, 2.24) is 0 Å². The van der Waals surface area contributed by atoms with Gasteiger partial charge in [0, 0.05) is 12.5 Å². The summed E-state index contributed by atoms with van der Waals surface area (Å²) in [6.07, 6.45) is -0.0189. The summed E-state index contributed by atoms with van der Waals surface area (Å²) in [6, 6.07) is 0. The molecule has 0 aromatic heterocycles. The van der Waals surface area contributed by atoms with E-state index in [-0.39, 0.29) is 19.4 Å². The van der Waals surface area contributed by atoms with Crippen LogP contribution in [0.1, 0.15) is 12.8 Å². The number of ether oxygens (including phenoxy) is 2. The van der Waals surface area contributed by atoms with E-state index in [0.29, 0.717) is 0 Å². The highest BCUT2D eigenvalue weighted by molar-refractivity contribution is 5.69. The number of carbonyl (C=O) groups excluding carboxylic acids is 1. The van der Waals surface area contributed by atoms with Gasteiger partial charge in [-0.2, -0.15) is 0 Å². The largest absolute Gasteiger partial charge is 0.469 e. The van der Waals surface area contributed by atoms with E-state index < -0.39 is 24.4 Å². The fourth-order valence-corrected chi connectivity index (χ4v) is 1.30. The Kier molecular flexibility index (Phi) is 3.19. The molecule has 5 heteroatoms. The summed E-state index contributed by atoms with van der Waals surface area (Å²) >= 11 is 0. The fourth-order valence-electron chi connectivity index (χ4n) is 1.30. The van der Waals surface area contributed by atoms with E-state index in [2.05, 4.69) is 9.47 Å². The maximum absolute atomic E-state index is 13.0. The van der Waals surface area contributed by atoms with Crippen LogP contribution in [0, 0.1) is 5.92 Å². The van der Waals surface area contributed by atoms with E-state index in [1.807, 2.05) is 0 Å². The maximum atomic E-state index is 13.0. The van der Waals surface area contributed by atoms with E-state index in [1.165, 1.54) is 7.11 Å². The Morgan fingerprint density at radius 1 is 1.69 bits per heavy atom. The molecule has 0 radical (unpaired) electrons. The molecule has 0 spiro atoms. The van der Waals surface area contributed by atoms with Gasteiger partial charge in [0.15, 0.2) is 0 Å². The van der Waals surface area contributed by atoms with Gasteiger partial charge in [-0.25, -0.2) is 8.78 Å². The smallest absolute Gasteiger partial charge is 0.306 e. The molecule has 76 valence electrons. The van der Waals surface area contributed by atoms with Crippen LogP contribution in [0.3, 0.4) is 0 Å². The quantitative estimate of drug-likeness (QED) is 0.620. The predicted octanol–water partition coefficient (Wildman–Crippen LogP) is 1.22. The van der Waals surface area contributed by atoms with Gasteiger partial charge in [-0.15, -0.1) is 0 Å². The molecule has 1 atom stereocenters. The third-order valence-electron chi connectivity index (χ3n) is 2.14. The van der Waals surface area contributed by atoms with Gasteiger partial charge >= 0.3 is 5.97 Å². The van der Waals surface area contributed by atoms with Crippen LogP contribution in [-0.4, -0.2) is 32.2 Å². The van der Waals surface area contributed by atoms with Crippen molar-refractivity contribution in [2.24, 2.45) is 5.92 Å². The molecule has 0 aliphatic carbocycles. The molecular weight excluding hydrogens is 182 g/mol. The second-order valence-electron chi connectivity index (χ2n) is 3.08. The van der Waals surface area contributed by atoms with Gasteiger partial charge < -0.3 is 9.47 Å². The predicted molar refractivity (Wildman–Crippen MR) is 40.5 cm³/mol. The topological polar surface area (TPSA) is 35.5 Å². The molecular formula is C8H12F2O3. The summed E-state index contributed by atoms with van der Waals surface area (Å²) in [5.74, 6) is -4.42. The second-order valence-corrected chi connectivity index (χ2v) is 3.08. The first-order valence-electron chi connectivity index (χ1n) is 4.08. The number of hydrogen-bond donors (Lipinski definition) is 0. The SMILES string of the molecule is COC(=O)CC1CCOCC1(F)F. The molecule has 1 unspecified atom stereocenters. The molecule has 1 saturated heterocycles. The van der Waals surface area contributed by atoms with Crippen LogP contribution < -0.4 is 0 Å². The lowest BCUT2D eigenvalue weighted by atomic mass is 9.93. The van der Waals surface area contributed by atoms with Crippen LogP contribution in [0.5, 0.6) is 0 Å². The van der Waals surface area contributed by atoms with E-state index in [1.54, 1.807) is 0 Å². The first kappa shape index (κ1) is 10.4. The molecule has 3 nitrogen and oxygen atoms in total. The summed E-state index contributed by atoms with van der Waals surface area (Å²) in [4.78, 5) is 10.8. The second kappa shape index (κ2) is 4.00. The van der Waals surface area contributed by atoms with Gasteiger partial charge in [-0.1, -0.05) is 0 Å². The zero-order chi connectivity index (χ0) is 9.90. The average Bonchev–Trinajstić information content (AvgIpc) is 2.08. The minimum atomic E-state index is -2.90. The van der Waals surface area contributed by atoms with Crippen molar-refractivity contribution in [1.29, 1.82) is 0 Å². The molecule has 0 saturated carbocycles. The standard InChI is InChI=1S/C8H12F2O3/c1-12-7(11)4-6-2-3-13-5-8(6,9)10/h6H,2-5H2,1H3.